The third kappa shape index (κ3) is 2.75. The minimum atomic E-state index is -0.185. The summed E-state index contributed by atoms with van der Waals surface area (Å²) >= 11 is 6.66. The molecule has 1 aromatic heterocycles. The standard InChI is InChI=1S/C23H22ClN3O/c24-20-15-25-14-19(18-7-3-5-16-4-1-2-6-17(16)18)21(20)27-12-9-23(10-13-27)8-11-26-22(23)28/h1-7,14-15H,8-13H2,(H,26,28). The Morgan fingerprint density at radius 3 is 2.54 bits per heavy atom. The molecule has 2 aliphatic rings. The number of pyridine rings is 1. The number of nitrogens with one attached hydrogen (secondary N) is 1. The molecule has 2 aromatic carbocycles. The number of carbonyl (C=O) groups is 1. The van der Waals surface area contributed by atoms with E-state index in [9.17, 15) is 4.79 Å². The van der Waals surface area contributed by atoms with E-state index in [-0.39, 0.29) is 11.3 Å². The Balaban J connectivity index is 1.56. The first-order chi connectivity index (χ1) is 13.7. The molecule has 0 aliphatic carbocycles. The number of aromatic nitrogens is 1. The number of piperidine rings is 1. The zero-order valence-electron chi connectivity index (χ0n) is 15.6. The monoisotopic (exact) mass is 391 g/mol. The first kappa shape index (κ1) is 17.5. The van der Waals surface area contributed by atoms with Crippen LogP contribution in [0.3, 0.4) is 0 Å². The molecule has 3 heterocycles. The van der Waals surface area contributed by atoms with Gasteiger partial charge >= 0.3 is 0 Å². The lowest BCUT2D eigenvalue weighted by Gasteiger charge is -2.39. The molecule has 3 aromatic rings. The van der Waals surface area contributed by atoms with Gasteiger partial charge in [-0.3, -0.25) is 9.78 Å². The minimum Gasteiger partial charge on any atom is -0.370 e. The number of rotatable bonds is 2. The molecule has 2 fully saturated rings. The van der Waals surface area contributed by atoms with Gasteiger partial charge in [0.2, 0.25) is 5.91 Å². The lowest BCUT2D eigenvalue weighted by Crippen LogP contribution is -2.44. The van der Waals surface area contributed by atoms with Crippen LogP contribution in [0.5, 0.6) is 0 Å². The van der Waals surface area contributed by atoms with Crippen molar-refractivity contribution < 1.29 is 4.79 Å². The molecule has 0 atom stereocenters. The van der Waals surface area contributed by atoms with Crippen LogP contribution in [0.15, 0.2) is 54.9 Å². The number of halogens is 1. The van der Waals surface area contributed by atoms with Gasteiger partial charge in [-0.25, -0.2) is 0 Å². The number of fused-ring (bicyclic) bond motifs is 1. The van der Waals surface area contributed by atoms with E-state index in [0.29, 0.717) is 5.02 Å². The zero-order valence-corrected chi connectivity index (χ0v) is 16.4. The summed E-state index contributed by atoms with van der Waals surface area (Å²) in [7, 11) is 0. The molecule has 1 spiro atoms. The van der Waals surface area contributed by atoms with Gasteiger partial charge in [-0.2, -0.15) is 0 Å². The van der Waals surface area contributed by atoms with Crippen molar-refractivity contribution in [1.82, 2.24) is 10.3 Å². The summed E-state index contributed by atoms with van der Waals surface area (Å²) in [6, 6.07) is 14.7. The number of carbonyl (C=O) groups excluding carboxylic acids is 1. The second-order valence-corrected chi connectivity index (χ2v) is 8.22. The number of hydrogen-bond donors (Lipinski definition) is 1. The van der Waals surface area contributed by atoms with E-state index in [1.54, 1.807) is 6.20 Å². The smallest absolute Gasteiger partial charge is 0.226 e. The molecule has 1 amide bonds. The SMILES string of the molecule is O=C1NCCC12CCN(c1c(Cl)cncc1-c1cccc3ccccc13)CC2. The van der Waals surface area contributed by atoms with Crippen molar-refractivity contribution in [2.75, 3.05) is 24.5 Å². The fraction of sp³-hybridized carbons (Fsp3) is 0.304. The van der Waals surface area contributed by atoms with E-state index in [0.717, 1.165) is 55.7 Å². The van der Waals surface area contributed by atoms with Crippen molar-refractivity contribution in [3.63, 3.8) is 0 Å². The van der Waals surface area contributed by atoms with Crippen LogP contribution in [0.1, 0.15) is 19.3 Å². The topological polar surface area (TPSA) is 45.2 Å². The van der Waals surface area contributed by atoms with Crippen molar-refractivity contribution >= 4 is 34.0 Å². The van der Waals surface area contributed by atoms with Crippen molar-refractivity contribution in [1.29, 1.82) is 0 Å². The van der Waals surface area contributed by atoms with Crippen LogP contribution in [0.2, 0.25) is 5.02 Å². The van der Waals surface area contributed by atoms with Crippen LogP contribution in [-0.4, -0.2) is 30.5 Å². The molecule has 2 aliphatic heterocycles. The van der Waals surface area contributed by atoms with Gasteiger partial charge in [0.25, 0.3) is 0 Å². The largest absolute Gasteiger partial charge is 0.370 e. The Morgan fingerprint density at radius 1 is 0.964 bits per heavy atom. The highest BCUT2D eigenvalue weighted by atomic mass is 35.5. The van der Waals surface area contributed by atoms with Gasteiger partial charge in [-0.05, 0) is 35.6 Å². The summed E-state index contributed by atoms with van der Waals surface area (Å²) in [5, 5.41) is 6.07. The van der Waals surface area contributed by atoms with E-state index in [1.807, 2.05) is 6.20 Å². The van der Waals surface area contributed by atoms with Crippen molar-refractivity contribution in [3.8, 4) is 11.1 Å². The molecular formula is C23H22ClN3O. The van der Waals surface area contributed by atoms with E-state index < -0.39 is 0 Å². The summed E-state index contributed by atoms with van der Waals surface area (Å²) in [5.74, 6) is 0.224. The molecule has 28 heavy (non-hydrogen) atoms. The Labute approximate surface area is 169 Å². The molecule has 4 nitrogen and oxygen atoms in total. The minimum absolute atomic E-state index is 0.185. The second-order valence-electron chi connectivity index (χ2n) is 7.82. The maximum absolute atomic E-state index is 12.3. The Hall–Kier alpha value is -2.59. The summed E-state index contributed by atoms with van der Waals surface area (Å²) in [6.45, 7) is 2.46. The van der Waals surface area contributed by atoms with Gasteiger partial charge in [-0.1, -0.05) is 54.1 Å². The summed E-state index contributed by atoms with van der Waals surface area (Å²) in [4.78, 5) is 19.0. The van der Waals surface area contributed by atoms with Gasteiger partial charge in [0, 0.05) is 37.6 Å². The molecule has 0 radical (unpaired) electrons. The number of benzene rings is 2. The molecule has 2 saturated heterocycles. The fourth-order valence-electron chi connectivity index (χ4n) is 4.76. The molecule has 1 N–H and O–H groups in total. The number of anilines is 1. The predicted molar refractivity (Wildman–Crippen MR) is 114 cm³/mol. The lowest BCUT2D eigenvalue weighted by molar-refractivity contribution is -0.128. The number of amides is 1. The van der Waals surface area contributed by atoms with Crippen LogP contribution >= 0.6 is 11.6 Å². The van der Waals surface area contributed by atoms with Crippen molar-refractivity contribution in [2.45, 2.75) is 19.3 Å². The predicted octanol–water partition coefficient (Wildman–Crippen LogP) is 4.66. The average Bonchev–Trinajstić information content (AvgIpc) is 3.08. The number of nitrogens with zero attached hydrogens (tertiary/aromatic N) is 2. The van der Waals surface area contributed by atoms with Crippen LogP contribution in [0, 0.1) is 5.41 Å². The lowest BCUT2D eigenvalue weighted by atomic mass is 9.77. The van der Waals surface area contributed by atoms with E-state index >= 15 is 0 Å². The van der Waals surface area contributed by atoms with E-state index in [1.165, 1.54) is 10.8 Å². The molecule has 142 valence electrons. The first-order valence-corrected chi connectivity index (χ1v) is 10.2. The normalized spacial score (nSPS) is 18.6. The molecule has 0 saturated carbocycles. The highest BCUT2D eigenvalue weighted by Crippen LogP contribution is 2.44. The summed E-state index contributed by atoms with van der Waals surface area (Å²) in [6.07, 6.45) is 6.31. The van der Waals surface area contributed by atoms with Crippen LogP contribution in [0.25, 0.3) is 21.9 Å². The number of hydrogen-bond acceptors (Lipinski definition) is 3. The Bertz CT molecular complexity index is 1050. The Morgan fingerprint density at radius 2 is 1.75 bits per heavy atom. The third-order valence-electron chi connectivity index (χ3n) is 6.36. The molecule has 0 unspecified atom stereocenters. The van der Waals surface area contributed by atoms with Gasteiger partial charge in [0.1, 0.15) is 0 Å². The maximum Gasteiger partial charge on any atom is 0.226 e. The van der Waals surface area contributed by atoms with Gasteiger partial charge in [0.15, 0.2) is 0 Å². The van der Waals surface area contributed by atoms with Gasteiger partial charge in [-0.15, -0.1) is 0 Å². The van der Waals surface area contributed by atoms with Gasteiger partial charge in [0.05, 0.1) is 16.1 Å². The van der Waals surface area contributed by atoms with E-state index in [2.05, 4.69) is 57.7 Å². The molecular weight excluding hydrogens is 370 g/mol. The van der Waals surface area contributed by atoms with Gasteiger partial charge < -0.3 is 10.2 Å². The molecule has 0 bridgehead atoms. The highest BCUT2D eigenvalue weighted by Gasteiger charge is 2.44. The zero-order chi connectivity index (χ0) is 19.1. The quantitative estimate of drug-likeness (QED) is 0.690. The molecule has 5 rings (SSSR count). The van der Waals surface area contributed by atoms with Crippen molar-refractivity contribution in [2.24, 2.45) is 5.41 Å². The van der Waals surface area contributed by atoms with Crippen LogP contribution in [0.4, 0.5) is 5.69 Å². The van der Waals surface area contributed by atoms with Crippen LogP contribution in [-0.2, 0) is 4.79 Å². The Kier molecular flexibility index (Phi) is 4.24. The summed E-state index contributed by atoms with van der Waals surface area (Å²) < 4.78 is 0. The van der Waals surface area contributed by atoms with E-state index in [4.69, 9.17) is 11.6 Å². The highest BCUT2D eigenvalue weighted by molar-refractivity contribution is 6.34. The molecule has 5 heteroatoms. The summed E-state index contributed by atoms with van der Waals surface area (Å²) in [5.41, 5.74) is 3.04. The fourth-order valence-corrected chi connectivity index (χ4v) is 5.04. The van der Waals surface area contributed by atoms with Crippen LogP contribution < -0.4 is 10.2 Å². The maximum atomic E-state index is 12.3. The first-order valence-electron chi connectivity index (χ1n) is 9.83. The van der Waals surface area contributed by atoms with Crippen molar-refractivity contribution in [3.05, 3.63) is 59.9 Å². The third-order valence-corrected chi connectivity index (χ3v) is 6.64. The second kappa shape index (κ2) is 6.78. The average molecular weight is 392 g/mol.